The lowest BCUT2D eigenvalue weighted by Gasteiger charge is -2.36. The van der Waals surface area contributed by atoms with Crippen molar-refractivity contribution in [2.24, 2.45) is 0 Å². The summed E-state index contributed by atoms with van der Waals surface area (Å²) >= 11 is 0. The van der Waals surface area contributed by atoms with Crippen LogP contribution < -0.4 is 4.90 Å². The fraction of sp³-hybridized carbons (Fsp3) is 0.259. The van der Waals surface area contributed by atoms with E-state index in [0.29, 0.717) is 5.92 Å². The highest BCUT2D eigenvalue weighted by atomic mass is 16.3. The van der Waals surface area contributed by atoms with Gasteiger partial charge in [0.25, 0.3) is 0 Å². The molecule has 4 aromatic rings. The number of H-pyrrole nitrogens is 1. The lowest BCUT2D eigenvalue weighted by atomic mass is 9.88. The number of anilines is 1. The number of aromatic hydroxyl groups is 1. The Bertz CT molecular complexity index is 1080. The first kappa shape index (κ1) is 19.7. The van der Waals surface area contributed by atoms with Crippen molar-refractivity contribution < 1.29 is 5.11 Å². The van der Waals surface area contributed by atoms with Crippen molar-refractivity contribution in [2.75, 3.05) is 37.6 Å². The molecular weight excluding hydrogens is 382 g/mol. The maximum atomic E-state index is 10.0. The molecule has 0 saturated carbocycles. The number of hydrogen-bond donors (Lipinski definition) is 2. The molecule has 1 aromatic heterocycles. The molecule has 0 unspecified atom stereocenters. The largest absolute Gasteiger partial charge is 0.494 e. The molecule has 1 saturated heterocycles. The minimum Gasteiger partial charge on any atom is -0.494 e. The summed E-state index contributed by atoms with van der Waals surface area (Å²) in [6.07, 6.45) is 2.97. The summed E-state index contributed by atoms with van der Waals surface area (Å²) in [7, 11) is 0. The van der Waals surface area contributed by atoms with Crippen molar-refractivity contribution in [3.63, 3.8) is 0 Å². The number of benzene rings is 3. The summed E-state index contributed by atoms with van der Waals surface area (Å²) in [6, 6.07) is 28.1. The molecule has 2 N–H and O–H groups in total. The second-order valence-electron chi connectivity index (χ2n) is 8.40. The van der Waals surface area contributed by atoms with Gasteiger partial charge in [-0.2, -0.15) is 0 Å². The summed E-state index contributed by atoms with van der Waals surface area (Å²) in [5, 5.41) is 11.9. The lowest BCUT2D eigenvalue weighted by Crippen LogP contribution is -2.46. The molecule has 0 amide bonds. The average Bonchev–Trinajstić information content (AvgIpc) is 3.21. The average molecular weight is 412 g/mol. The van der Waals surface area contributed by atoms with Gasteiger partial charge in [-0.05, 0) is 36.2 Å². The summed E-state index contributed by atoms with van der Waals surface area (Å²) in [6.45, 7) is 5.25. The summed E-state index contributed by atoms with van der Waals surface area (Å²) in [5.74, 6) is 0.683. The molecule has 4 nitrogen and oxygen atoms in total. The van der Waals surface area contributed by atoms with Crippen LogP contribution in [0, 0.1) is 0 Å². The van der Waals surface area contributed by atoms with Gasteiger partial charge in [-0.3, -0.25) is 4.90 Å². The number of rotatable bonds is 6. The number of piperazine rings is 1. The first-order valence-electron chi connectivity index (χ1n) is 11.2. The van der Waals surface area contributed by atoms with Gasteiger partial charge in [0.1, 0.15) is 0 Å². The van der Waals surface area contributed by atoms with Crippen LogP contribution in [0.5, 0.6) is 5.88 Å². The third kappa shape index (κ3) is 4.30. The summed E-state index contributed by atoms with van der Waals surface area (Å²) in [5.41, 5.74) is 3.98. The van der Waals surface area contributed by atoms with Gasteiger partial charge in [0.05, 0.1) is 0 Å². The Hall–Kier alpha value is -3.24. The molecule has 2 heterocycles. The van der Waals surface area contributed by atoms with Gasteiger partial charge in [-0.25, -0.2) is 0 Å². The van der Waals surface area contributed by atoms with E-state index in [1.165, 1.54) is 16.8 Å². The van der Waals surface area contributed by atoms with Crippen LogP contribution in [-0.2, 0) is 0 Å². The molecule has 0 radical (unpaired) electrons. The second kappa shape index (κ2) is 8.86. The van der Waals surface area contributed by atoms with E-state index in [9.17, 15) is 5.11 Å². The van der Waals surface area contributed by atoms with Gasteiger partial charge >= 0.3 is 0 Å². The lowest BCUT2D eigenvalue weighted by molar-refractivity contribution is 0.251. The van der Waals surface area contributed by atoms with Crippen molar-refractivity contribution in [3.8, 4) is 5.88 Å². The highest BCUT2D eigenvalue weighted by molar-refractivity contribution is 5.90. The van der Waals surface area contributed by atoms with E-state index in [-0.39, 0.29) is 5.88 Å². The maximum Gasteiger partial charge on any atom is 0.196 e. The van der Waals surface area contributed by atoms with Crippen LogP contribution in [0.4, 0.5) is 5.69 Å². The molecule has 1 fully saturated rings. The zero-order chi connectivity index (χ0) is 21.0. The number of aromatic amines is 1. The van der Waals surface area contributed by atoms with Crippen LogP contribution in [0.15, 0.2) is 85.1 Å². The van der Waals surface area contributed by atoms with E-state index in [4.69, 9.17) is 0 Å². The molecule has 31 heavy (non-hydrogen) atoms. The first-order chi connectivity index (χ1) is 15.3. The Kier molecular flexibility index (Phi) is 5.63. The van der Waals surface area contributed by atoms with E-state index in [0.717, 1.165) is 49.9 Å². The van der Waals surface area contributed by atoms with E-state index in [2.05, 4.69) is 93.6 Å². The maximum absolute atomic E-state index is 10.0. The quantitative estimate of drug-likeness (QED) is 0.457. The number of hydrogen-bond acceptors (Lipinski definition) is 3. The van der Waals surface area contributed by atoms with E-state index in [1.54, 1.807) is 0 Å². The molecular formula is C27H29N3O. The molecule has 0 spiro atoms. The Balaban J connectivity index is 1.22. The van der Waals surface area contributed by atoms with Crippen LogP contribution in [-0.4, -0.2) is 47.7 Å². The third-order valence-corrected chi connectivity index (χ3v) is 6.53. The number of aromatic nitrogens is 1. The highest BCUT2D eigenvalue weighted by Gasteiger charge is 2.20. The smallest absolute Gasteiger partial charge is 0.196 e. The van der Waals surface area contributed by atoms with Crippen molar-refractivity contribution in [3.05, 3.63) is 96.2 Å². The van der Waals surface area contributed by atoms with Crippen LogP contribution in [0.25, 0.3) is 10.8 Å². The van der Waals surface area contributed by atoms with Gasteiger partial charge in [0.2, 0.25) is 0 Å². The fourth-order valence-corrected chi connectivity index (χ4v) is 4.73. The van der Waals surface area contributed by atoms with Crippen molar-refractivity contribution in [1.29, 1.82) is 0 Å². The van der Waals surface area contributed by atoms with Crippen LogP contribution in [0.3, 0.4) is 0 Å². The predicted octanol–water partition coefficient (Wildman–Crippen LogP) is 5.22. The van der Waals surface area contributed by atoms with E-state index in [1.807, 2.05) is 6.20 Å². The molecule has 0 aliphatic carbocycles. The van der Waals surface area contributed by atoms with Gasteiger partial charge in [-0.15, -0.1) is 0 Å². The molecule has 0 atom stereocenters. The minimum absolute atomic E-state index is 0.253. The monoisotopic (exact) mass is 411 g/mol. The van der Waals surface area contributed by atoms with E-state index >= 15 is 0 Å². The Morgan fingerprint density at radius 2 is 1.45 bits per heavy atom. The highest BCUT2D eigenvalue weighted by Crippen LogP contribution is 2.30. The minimum atomic E-state index is 0.253. The number of nitrogens with zero attached hydrogens (tertiary/aromatic N) is 2. The zero-order valence-corrected chi connectivity index (χ0v) is 17.7. The fourth-order valence-electron chi connectivity index (χ4n) is 4.73. The van der Waals surface area contributed by atoms with Crippen molar-refractivity contribution in [1.82, 2.24) is 9.88 Å². The van der Waals surface area contributed by atoms with Crippen LogP contribution in [0.1, 0.15) is 23.5 Å². The molecule has 5 rings (SSSR count). The van der Waals surface area contributed by atoms with E-state index < -0.39 is 0 Å². The molecule has 1 aliphatic heterocycles. The number of nitrogens with one attached hydrogen (secondary N) is 1. The normalized spacial score (nSPS) is 15.1. The summed E-state index contributed by atoms with van der Waals surface area (Å²) in [4.78, 5) is 7.91. The Labute approximate surface area is 183 Å². The molecule has 158 valence electrons. The van der Waals surface area contributed by atoms with Gasteiger partial charge in [0.15, 0.2) is 5.88 Å². The number of fused-ring (bicyclic) bond motifs is 1. The van der Waals surface area contributed by atoms with Crippen molar-refractivity contribution in [2.45, 2.75) is 12.3 Å². The van der Waals surface area contributed by atoms with Gasteiger partial charge in [0, 0.05) is 54.8 Å². The standard InChI is InChI=1S/C27H29N3O/c31-27-26-19-24(12-11-23(26)20-28-27)30-17-15-29(16-18-30)14-13-25(21-7-3-1-4-8-21)22-9-5-2-6-10-22/h1-12,19-20,25,28,31H,13-18H2. The SMILES string of the molecule is Oc1[nH]cc2ccc(N3CCN(CCC(c4ccccc4)c4ccccc4)CC3)cc12. The zero-order valence-electron chi connectivity index (χ0n) is 17.7. The van der Waals surface area contributed by atoms with Crippen LogP contribution >= 0.6 is 0 Å². The van der Waals surface area contributed by atoms with Crippen LogP contribution in [0.2, 0.25) is 0 Å². The van der Waals surface area contributed by atoms with Crippen molar-refractivity contribution >= 4 is 16.5 Å². The molecule has 4 heteroatoms. The van der Waals surface area contributed by atoms with Gasteiger partial charge in [-0.1, -0.05) is 66.7 Å². The third-order valence-electron chi connectivity index (χ3n) is 6.53. The molecule has 3 aromatic carbocycles. The topological polar surface area (TPSA) is 42.5 Å². The van der Waals surface area contributed by atoms with Gasteiger partial charge < -0.3 is 15.0 Å². The Morgan fingerprint density at radius 1 is 0.806 bits per heavy atom. The second-order valence-corrected chi connectivity index (χ2v) is 8.40. The predicted molar refractivity (Wildman–Crippen MR) is 128 cm³/mol. The molecule has 0 bridgehead atoms. The molecule has 1 aliphatic rings. The summed E-state index contributed by atoms with van der Waals surface area (Å²) < 4.78 is 0. The first-order valence-corrected chi connectivity index (χ1v) is 11.2. The Morgan fingerprint density at radius 3 is 2.10 bits per heavy atom.